The molecule has 1 atom stereocenters. The van der Waals surface area contributed by atoms with E-state index in [2.05, 4.69) is 17.6 Å². The Labute approximate surface area is 172 Å². The number of allylic oxidation sites excluding steroid dienone is 1. The number of thiocarbonyl (C=S) groups is 1. The fraction of sp³-hybridized carbons (Fsp3) is 0.524. The molecule has 2 N–H and O–H groups in total. The molecule has 1 aliphatic rings. The number of esters is 1. The summed E-state index contributed by atoms with van der Waals surface area (Å²) in [4.78, 5) is 12.7. The Kier molecular flexibility index (Phi) is 8.11. The molecule has 0 aliphatic carbocycles. The van der Waals surface area contributed by atoms with Gasteiger partial charge >= 0.3 is 5.97 Å². The molecule has 0 bridgehead atoms. The number of nitrogens with one attached hydrogen (secondary N) is 2. The molecule has 28 heavy (non-hydrogen) atoms. The van der Waals surface area contributed by atoms with Crippen molar-refractivity contribution in [1.82, 2.24) is 10.6 Å². The molecular formula is C21H30N2O4S. The zero-order chi connectivity index (χ0) is 20.7. The van der Waals surface area contributed by atoms with Crippen LogP contribution in [0.15, 0.2) is 29.5 Å². The van der Waals surface area contributed by atoms with E-state index in [0.717, 1.165) is 18.4 Å². The SMILES string of the molecule is CCCCOc1ccc(C2NC(=S)NC(C)=C2C(=O)OCC(C)C)cc1OC. The van der Waals surface area contributed by atoms with Crippen LogP contribution < -0.4 is 20.1 Å². The lowest BCUT2D eigenvalue weighted by Crippen LogP contribution is -2.45. The molecule has 2 rings (SSSR count). The molecule has 1 heterocycles. The second-order valence-electron chi connectivity index (χ2n) is 7.17. The summed E-state index contributed by atoms with van der Waals surface area (Å²) in [6.45, 7) is 8.94. The fourth-order valence-electron chi connectivity index (χ4n) is 2.84. The highest BCUT2D eigenvalue weighted by Crippen LogP contribution is 2.34. The molecule has 1 aromatic carbocycles. The van der Waals surface area contributed by atoms with Gasteiger partial charge < -0.3 is 24.8 Å². The Morgan fingerprint density at radius 3 is 2.68 bits per heavy atom. The Hall–Kier alpha value is -2.28. The number of benzene rings is 1. The second kappa shape index (κ2) is 10.3. The first-order valence-corrected chi connectivity index (χ1v) is 10.0. The van der Waals surface area contributed by atoms with Gasteiger partial charge in [-0.15, -0.1) is 0 Å². The van der Waals surface area contributed by atoms with Gasteiger partial charge in [-0.25, -0.2) is 4.79 Å². The maximum atomic E-state index is 12.7. The number of ether oxygens (including phenoxy) is 3. The van der Waals surface area contributed by atoms with Crippen molar-refractivity contribution in [3.8, 4) is 11.5 Å². The largest absolute Gasteiger partial charge is 0.493 e. The van der Waals surface area contributed by atoms with Crippen molar-refractivity contribution < 1.29 is 19.0 Å². The summed E-state index contributed by atoms with van der Waals surface area (Å²) in [5, 5.41) is 6.65. The Balaban J connectivity index is 2.32. The molecular weight excluding hydrogens is 376 g/mol. The summed E-state index contributed by atoms with van der Waals surface area (Å²) in [6.07, 6.45) is 2.03. The van der Waals surface area contributed by atoms with Crippen LogP contribution in [0.4, 0.5) is 0 Å². The predicted octanol–water partition coefficient (Wildman–Crippen LogP) is 3.87. The molecule has 1 aromatic rings. The number of hydrogen-bond donors (Lipinski definition) is 2. The van der Waals surface area contributed by atoms with Gasteiger partial charge in [0.05, 0.1) is 31.9 Å². The highest BCUT2D eigenvalue weighted by atomic mass is 32.1. The average molecular weight is 407 g/mol. The van der Waals surface area contributed by atoms with Crippen LogP contribution in [0.25, 0.3) is 0 Å². The van der Waals surface area contributed by atoms with Crippen molar-refractivity contribution in [2.45, 2.75) is 46.6 Å². The third-order valence-corrected chi connectivity index (χ3v) is 4.53. The molecule has 1 unspecified atom stereocenters. The average Bonchev–Trinajstić information content (AvgIpc) is 2.65. The van der Waals surface area contributed by atoms with Crippen molar-refractivity contribution >= 4 is 23.3 Å². The van der Waals surface area contributed by atoms with E-state index in [-0.39, 0.29) is 11.9 Å². The number of methoxy groups -OCH3 is 1. The highest BCUT2D eigenvalue weighted by Gasteiger charge is 2.31. The van der Waals surface area contributed by atoms with Crippen LogP contribution in [-0.2, 0) is 9.53 Å². The van der Waals surface area contributed by atoms with E-state index >= 15 is 0 Å². The van der Waals surface area contributed by atoms with E-state index in [1.165, 1.54) is 0 Å². The normalized spacial score (nSPS) is 16.5. The number of carbonyl (C=O) groups is 1. The monoisotopic (exact) mass is 406 g/mol. The van der Waals surface area contributed by atoms with Crippen LogP contribution in [0.1, 0.15) is 52.1 Å². The number of carbonyl (C=O) groups excluding carboxylic acids is 1. The summed E-state index contributed by atoms with van der Waals surface area (Å²) < 4.78 is 16.8. The lowest BCUT2D eigenvalue weighted by Gasteiger charge is -2.30. The first-order chi connectivity index (χ1) is 13.4. The van der Waals surface area contributed by atoms with Gasteiger partial charge in [-0.3, -0.25) is 0 Å². The molecule has 154 valence electrons. The van der Waals surface area contributed by atoms with Gasteiger partial charge in [-0.1, -0.05) is 33.3 Å². The third kappa shape index (κ3) is 5.61. The maximum Gasteiger partial charge on any atom is 0.338 e. The van der Waals surface area contributed by atoms with Crippen molar-refractivity contribution in [2.24, 2.45) is 5.92 Å². The smallest absolute Gasteiger partial charge is 0.338 e. The van der Waals surface area contributed by atoms with E-state index < -0.39 is 6.04 Å². The number of rotatable bonds is 9. The Morgan fingerprint density at radius 2 is 2.04 bits per heavy atom. The summed E-state index contributed by atoms with van der Waals surface area (Å²) >= 11 is 5.30. The van der Waals surface area contributed by atoms with Crippen LogP contribution in [0.5, 0.6) is 11.5 Å². The molecule has 0 radical (unpaired) electrons. The second-order valence-corrected chi connectivity index (χ2v) is 7.58. The molecule has 7 heteroatoms. The zero-order valence-electron chi connectivity index (χ0n) is 17.3. The third-order valence-electron chi connectivity index (χ3n) is 4.31. The van der Waals surface area contributed by atoms with E-state index in [4.69, 9.17) is 26.4 Å². The van der Waals surface area contributed by atoms with Crippen molar-refractivity contribution in [1.29, 1.82) is 0 Å². The molecule has 0 spiro atoms. The van der Waals surface area contributed by atoms with Crippen LogP contribution >= 0.6 is 12.2 Å². The zero-order valence-corrected chi connectivity index (χ0v) is 18.1. The van der Waals surface area contributed by atoms with Gasteiger partial charge in [0.1, 0.15) is 0 Å². The van der Waals surface area contributed by atoms with Crippen LogP contribution in [0.3, 0.4) is 0 Å². The van der Waals surface area contributed by atoms with Gasteiger partial charge in [0.25, 0.3) is 0 Å². The van der Waals surface area contributed by atoms with Gasteiger partial charge in [0.2, 0.25) is 0 Å². The van der Waals surface area contributed by atoms with Gasteiger partial charge in [0.15, 0.2) is 16.6 Å². The highest BCUT2D eigenvalue weighted by molar-refractivity contribution is 7.80. The Bertz CT molecular complexity index is 746. The molecule has 0 amide bonds. The molecule has 0 aromatic heterocycles. The van der Waals surface area contributed by atoms with E-state index in [0.29, 0.717) is 41.1 Å². The molecule has 0 saturated heterocycles. The fourth-order valence-corrected chi connectivity index (χ4v) is 3.11. The molecule has 0 saturated carbocycles. The number of unbranched alkanes of at least 4 members (excludes halogenated alkanes) is 1. The predicted molar refractivity (Wildman–Crippen MR) is 114 cm³/mol. The molecule has 1 aliphatic heterocycles. The lowest BCUT2D eigenvalue weighted by molar-refractivity contribution is -0.140. The first-order valence-electron chi connectivity index (χ1n) is 9.63. The minimum absolute atomic E-state index is 0.258. The van der Waals surface area contributed by atoms with Gasteiger partial charge in [-0.05, 0) is 49.2 Å². The van der Waals surface area contributed by atoms with E-state index in [9.17, 15) is 4.79 Å². The topological polar surface area (TPSA) is 68.8 Å². The Morgan fingerprint density at radius 1 is 1.29 bits per heavy atom. The minimum atomic E-state index is -0.424. The first kappa shape index (κ1) is 22.0. The minimum Gasteiger partial charge on any atom is -0.493 e. The summed E-state index contributed by atoms with van der Waals surface area (Å²) in [6, 6.07) is 5.23. The van der Waals surface area contributed by atoms with Crippen LogP contribution in [0.2, 0.25) is 0 Å². The van der Waals surface area contributed by atoms with Crippen molar-refractivity contribution in [3.63, 3.8) is 0 Å². The van der Waals surface area contributed by atoms with Crippen molar-refractivity contribution in [3.05, 3.63) is 35.0 Å². The van der Waals surface area contributed by atoms with E-state index in [1.807, 2.05) is 39.0 Å². The van der Waals surface area contributed by atoms with E-state index in [1.54, 1.807) is 7.11 Å². The maximum absolute atomic E-state index is 12.7. The lowest BCUT2D eigenvalue weighted by atomic mass is 9.95. The summed E-state index contributed by atoms with van der Waals surface area (Å²) in [7, 11) is 1.60. The van der Waals surface area contributed by atoms with Gasteiger partial charge in [-0.2, -0.15) is 0 Å². The summed E-state index contributed by atoms with van der Waals surface area (Å²) in [5.74, 6) is 1.20. The standard InChI is InChI=1S/C21H30N2O4S/c1-6-7-10-26-16-9-8-15(11-17(16)25-5)19-18(14(4)22-21(28)23-19)20(24)27-12-13(2)3/h8-9,11,13,19H,6-7,10,12H2,1-5H3,(H2,22,23,28). The number of hydrogen-bond acceptors (Lipinski definition) is 5. The quantitative estimate of drug-likeness (QED) is 0.367. The molecule has 6 nitrogen and oxygen atoms in total. The summed E-state index contributed by atoms with van der Waals surface area (Å²) in [5.41, 5.74) is 2.04. The van der Waals surface area contributed by atoms with Crippen LogP contribution in [0, 0.1) is 5.92 Å². The van der Waals surface area contributed by atoms with Crippen molar-refractivity contribution in [2.75, 3.05) is 20.3 Å². The van der Waals surface area contributed by atoms with Crippen LogP contribution in [-0.4, -0.2) is 31.4 Å². The molecule has 0 fully saturated rings. The van der Waals surface area contributed by atoms with Gasteiger partial charge in [0, 0.05) is 5.70 Å².